The Hall–Kier alpha value is -2.62. The fourth-order valence-corrected chi connectivity index (χ4v) is 1.96. The van der Waals surface area contributed by atoms with Gasteiger partial charge in [0, 0.05) is 5.56 Å². The van der Waals surface area contributed by atoms with E-state index in [-0.39, 0.29) is 11.3 Å². The number of rotatable bonds is 3. The molecule has 4 nitrogen and oxygen atoms in total. The molecular weight excluding hydrogens is 268 g/mol. The molecule has 0 bridgehead atoms. The maximum atomic E-state index is 12.1. The third-order valence-electron chi connectivity index (χ3n) is 3.29. The van der Waals surface area contributed by atoms with Crippen LogP contribution in [0.2, 0.25) is 0 Å². The molecule has 0 aliphatic rings. The standard InChI is InChI=1S/C17H16O4/c1-10-5-4-6-13(9-10)7-8-14(18)15-16(19)11(2)12(3)21-17(15)20/h4-9,19H,1-3H3/b8-7+. The Morgan fingerprint density at radius 3 is 2.62 bits per heavy atom. The van der Waals surface area contributed by atoms with E-state index in [2.05, 4.69) is 0 Å². The molecule has 0 fully saturated rings. The van der Waals surface area contributed by atoms with Gasteiger partial charge in [-0.25, -0.2) is 4.79 Å². The van der Waals surface area contributed by atoms with Gasteiger partial charge in [-0.05, 0) is 32.4 Å². The number of carbonyl (C=O) groups excluding carboxylic acids is 1. The van der Waals surface area contributed by atoms with Crippen LogP contribution in [-0.2, 0) is 0 Å². The molecule has 0 radical (unpaired) electrons. The van der Waals surface area contributed by atoms with Crippen LogP contribution in [0.1, 0.15) is 32.8 Å². The van der Waals surface area contributed by atoms with Crippen molar-refractivity contribution in [1.29, 1.82) is 0 Å². The molecule has 2 rings (SSSR count). The number of carbonyl (C=O) groups is 1. The summed E-state index contributed by atoms with van der Waals surface area (Å²) < 4.78 is 4.94. The minimum absolute atomic E-state index is 0.303. The molecular formula is C17H16O4. The minimum atomic E-state index is -0.825. The van der Waals surface area contributed by atoms with Crippen LogP contribution in [0.3, 0.4) is 0 Å². The fraction of sp³-hybridized carbons (Fsp3) is 0.176. The predicted octanol–water partition coefficient (Wildman–Crippen LogP) is 3.17. The number of allylic oxidation sites excluding steroid dienone is 1. The first kappa shape index (κ1) is 14.8. The predicted molar refractivity (Wildman–Crippen MR) is 80.7 cm³/mol. The number of ketones is 1. The van der Waals surface area contributed by atoms with Gasteiger partial charge in [-0.3, -0.25) is 4.79 Å². The van der Waals surface area contributed by atoms with Gasteiger partial charge in [0.05, 0.1) is 0 Å². The van der Waals surface area contributed by atoms with E-state index in [9.17, 15) is 14.7 Å². The molecule has 1 aromatic carbocycles. The summed E-state index contributed by atoms with van der Waals surface area (Å²) in [6.07, 6.45) is 2.86. The van der Waals surface area contributed by atoms with Crippen molar-refractivity contribution < 1.29 is 14.3 Å². The summed E-state index contributed by atoms with van der Waals surface area (Å²) in [6, 6.07) is 7.58. The van der Waals surface area contributed by atoms with Crippen LogP contribution in [0.15, 0.2) is 39.6 Å². The van der Waals surface area contributed by atoms with Crippen LogP contribution in [0.4, 0.5) is 0 Å². The molecule has 0 aliphatic carbocycles. The van der Waals surface area contributed by atoms with Crippen molar-refractivity contribution in [2.45, 2.75) is 20.8 Å². The van der Waals surface area contributed by atoms with Gasteiger partial charge in [0.15, 0.2) is 5.78 Å². The lowest BCUT2D eigenvalue weighted by Crippen LogP contribution is -2.14. The Morgan fingerprint density at radius 2 is 1.95 bits per heavy atom. The number of aryl methyl sites for hydroxylation is 2. The van der Waals surface area contributed by atoms with E-state index in [0.29, 0.717) is 11.3 Å². The Labute approximate surface area is 122 Å². The van der Waals surface area contributed by atoms with Crippen LogP contribution >= 0.6 is 0 Å². The molecule has 4 heteroatoms. The first-order chi connectivity index (χ1) is 9.90. The van der Waals surface area contributed by atoms with Gasteiger partial charge >= 0.3 is 5.63 Å². The lowest BCUT2D eigenvalue weighted by Gasteiger charge is -2.04. The van der Waals surface area contributed by atoms with Crippen molar-refractivity contribution >= 4 is 11.9 Å². The van der Waals surface area contributed by atoms with E-state index < -0.39 is 11.4 Å². The third kappa shape index (κ3) is 3.11. The Bertz CT molecular complexity index is 782. The molecule has 0 aliphatic heterocycles. The number of hydrogen-bond donors (Lipinski definition) is 1. The number of hydrogen-bond acceptors (Lipinski definition) is 4. The van der Waals surface area contributed by atoms with Gasteiger partial charge in [0.1, 0.15) is 17.1 Å². The normalized spacial score (nSPS) is 11.0. The highest BCUT2D eigenvalue weighted by Crippen LogP contribution is 2.22. The molecule has 0 saturated heterocycles. The number of benzene rings is 1. The molecule has 0 unspecified atom stereocenters. The van der Waals surface area contributed by atoms with Gasteiger partial charge in [-0.2, -0.15) is 0 Å². The zero-order valence-corrected chi connectivity index (χ0v) is 12.1. The van der Waals surface area contributed by atoms with Crippen molar-refractivity contribution in [2.24, 2.45) is 0 Å². The first-order valence-corrected chi connectivity index (χ1v) is 6.52. The minimum Gasteiger partial charge on any atom is -0.506 e. The van der Waals surface area contributed by atoms with Crippen molar-refractivity contribution in [3.05, 3.63) is 68.8 Å². The van der Waals surface area contributed by atoms with Crippen LogP contribution in [0, 0.1) is 20.8 Å². The summed E-state index contributed by atoms with van der Waals surface area (Å²) in [6.45, 7) is 5.10. The van der Waals surface area contributed by atoms with Gasteiger partial charge in [-0.15, -0.1) is 0 Å². The second-order valence-electron chi connectivity index (χ2n) is 4.91. The van der Waals surface area contributed by atoms with E-state index >= 15 is 0 Å². The van der Waals surface area contributed by atoms with Gasteiger partial charge in [0.2, 0.25) is 0 Å². The van der Waals surface area contributed by atoms with Crippen molar-refractivity contribution in [1.82, 2.24) is 0 Å². The molecule has 1 N–H and O–H groups in total. The SMILES string of the molecule is Cc1cccc(/C=C/C(=O)c2c(O)c(C)c(C)oc2=O)c1. The second kappa shape index (κ2) is 5.79. The fourth-order valence-electron chi connectivity index (χ4n) is 1.96. The summed E-state index contributed by atoms with van der Waals surface area (Å²) in [7, 11) is 0. The largest absolute Gasteiger partial charge is 0.506 e. The molecule has 108 valence electrons. The topological polar surface area (TPSA) is 67.5 Å². The quantitative estimate of drug-likeness (QED) is 0.694. The first-order valence-electron chi connectivity index (χ1n) is 6.52. The monoisotopic (exact) mass is 284 g/mol. The zero-order chi connectivity index (χ0) is 15.6. The van der Waals surface area contributed by atoms with E-state index in [1.165, 1.54) is 6.08 Å². The highest BCUT2D eigenvalue weighted by Gasteiger charge is 2.19. The average molecular weight is 284 g/mol. The molecule has 1 aromatic heterocycles. The maximum absolute atomic E-state index is 12.1. The van der Waals surface area contributed by atoms with E-state index in [4.69, 9.17) is 4.42 Å². The summed E-state index contributed by atoms with van der Waals surface area (Å²) >= 11 is 0. The van der Waals surface area contributed by atoms with Gasteiger partial charge in [0.25, 0.3) is 0 Å². The molecule has 2 aromatic rings. The van der Waals surface area contributed by atoms with Crippen molar-refractivity contribution in [3.63, 3.8) is 0 Å². The van der Waals surface area contributed by atoms with Crippen molar-refractivity contribution in [2.75, 3.05) is 0 Å². The third-order valence-corrected chi connectivity index (χ3v) is 3.29. The average Bonchev–Trinajstić information content (AvgIpc) is 2.43. The summed E-state index contributed by atoms with van der Waals surface area (Å²) in [4.78, 5) is 23.8. The number of aromatic hydroxyl groups is 1. The smallest absolute Gasteiger partial charge is 0.351 e. The van der Waals surface area contributed by atoms with Crippen LogP contribution in [0.25, 0.3) is 6.08 Å². The molecule has 0 atom stereocenters. The second-order valence-corrected chi connectivity index (χ2v) is 4.91. The molecule has 21 heavy (non-hydrogen) atoms. The van der Waals surface area contributed by atoms with Crippen LogP contribution in [0.5, 0.6) is 5.75 Å². The Kier molecular flexibility index (Phi) is 4.08. The molecule has 1 heterocycles. The van der Waals surface area contributed by atoms with E-state index in [1.807, 2.05) is 31.2 Å². The summed E-state index contributed by atoms with van der Waals surface area (Å²) in [5, 5.41) is 9.96. The highest BCUT2D eigenvalue weighted by atomic mass is 16.4. The van der Waals surface area contributed by atoms with Crippen molar-refractivity contribution in [3.8, 4) is 5.75 Å². The van der Waals surface area contributed by atoms with E-state index in [0.717, 1.165) is 11.1 Å². The summed E-state index contributed by atoms with van der Waals surface area (Å²) in [5.41, 5.74) is 1.15. The molecule has 0 saturated carbocycles. The maximum Gasteiger partial charge on any atom is 0.351 e. The lowest BCUT2D eigenvalue weighted by atomic mass is 10.1. The summed E-state index contributed by atoms with van der Waals surface area (Å²) in [5.74, 6) is -0.592. The molecule has 0 amide bonds. The van der Waals surface area contributed by atoms with Gasteiger partial charge < -0.3 is 9.52 Å². The Morgan fingerprint density at radius 1 is 1.24 bits per heavy atom. The Balaban J connectivity index is 2.38. The van der Waals surface area contributed by atoms with Crippen LogP contribution in [-0.4, -0.2) is 10.9 Å². The zero-order valence-electron chi connectivity index (χ0n) is 12.1. The molecule has 0 spiro atoms. The lowest BCUT2D eigenvalue weighted by molar-refractivity contribution is 0.104. The van der Waals surface area contributed by atoms with Crippen LogP contribution < -0.4 is 5.63 Å². The highest BCUT2D eigenvalue weighted by molar-refractivity contribution is 6.08. The van der Waals surface area contributed by atoms with E-state index in [1.54, 1.807) is 19.9 Å². The van der Waals surface area contributed by atoms with Gasteiger partial charge in [-0.1, -0.05) is 35.9 Å².